The molecule has 2 rings (SSSR count). The van der Waals surface area contributed by atoms with E-state index in [1.54, 1.807) is 0 Å². The van der Waals surface area contributed by atoms with Crippen LogP contribution in [0.25, 0.3) is 10.8 Å². The van der Waals surface area contributed by atoms with Crippen molar-refractivity contribution in [1.82, 2.24) is 4.90 Å². The molecule has 2 heteroatoms. The monoisotopic (exact) mass is 325 g/mol. The molecule has 0 fully saturated rings. The summed E-state index contributed by atoms with van der Waals surface area (Å²) in [5.74, 6) is 0.254. The molecule has 0 aliphatic carbocycles. The number of benzene rings is 2. The molecule has 0 saturated heterocycles. The third-order valence-electron chi connectivity index (χ3n) is 4.80. The summed E-state index contributed by atoms with van der Waals surface area (Å²) in [5, 5.41) is 2.36. The van der Waals surface area contributed by atoms with Gasteiger partial charge in [0.15, 0.2) is 5.78 Å². The first-order chi connectivity index (χ1) is 11.3. The van der Waals surface area contributed by atoms with Gasteiger partial charge in [-0.3, -0.25) is 4.79 Å². The Morgan fingerprint density at radius 1 is 0.958 bits per heavy atom. The molecule has 0 aromatic heterocycles. The molecular formula is C22H31NO. The van der Waals surface area contributed by atoms with Crippen LogP contribution in [-0.2, 0) is 5.41 Å². The van der Waals surface area contributed by atoms with Crippen LogP contribution < -0.4 is 0 Å². The van der Waals surface area contributed by atoms with Crippen molar-refractivity contribution < 1.29 is 4.79 Å². The molecule has 0 aliphatic heterocycles. The molecule has 0 amide bonds. The van der Waals surface area contributed by atoms with E-state index >= 15 is 0 Å². The standard InChI is InChI=1S/C22H31NO/c1-6-23(7-2)14-8-9-21(24)19-11-10-18-16-20(22(3,4)5)13-12-17(18)15-19/h10-13,15-16H,6-9,14H2,1-5H3. The van der Waals surface area contributed by atoms with E-state index in [1.807, 2.05) is 12.1 Å². The average molecular weight is 325 g/mol. The van der Waals surface area contributed by atoms with E-state index in [-0.39, 0.29) is 11.2 Å². The smallest absolute Gasteiger partial charge is 0.162 e. The number of nitrogens with zero attached hydrogens (tertiary/aromatic N) is 1. The number of Topliss-reactive ketones (excluding diaryl/α,β-unsaturated/α-hetero) is 1. The predicted molar refractivity (Wildman–Crippen MR) is 104 cm³/mol. The van der Waals surface area contributed by atoms with Crippen LogP contribution in [0.5, 0.6) is 0 Å². The minimum atomic E-state index is 0.146. The molecule has 0 atom stereocenters. The van der Waals surface area contributed by atoms with Gasteiger partial charge in [0, 0.05) is 12.0 Å². The van der Waals surface area contributed by atoms with Crippen molar-refractivity contribution in [2.24, 2.45) is 0 Å². The van der Waals surface area contributed by atoms with Crippen LogP contribution in [0.4, 0.5) is 0 Å². The van der Waals surface area contributed by atoms with Gasteiger partial charge in [-0.25, -0.2) is 0 Å². The van der Waals surface area contributed by atoms with E-state index in [1.165, 1.54) is 10.9 Å². The van der Waals surface area contributed by atoms with Crippen molar-refractivity contribution in [1.29, 1.82) is 0 Å². The predicted octanol–water partition coefficient (Wildman–Crippen LogP) is 5.44. The lowest BCUT2D eigenvalue weighted by molar-refractivity contribution is 0.0975. The zero-order valence-electron chi connectivity index (χ0n) is 15.9. The number of hydrogen-bond acceptors (Lipinski definition) is 2. The van der Waals surface area contributed by atoms with E-state index in [4.69, 9.17) is 0 Å². The Hall–Kier alpha value is -1.67. The first kappa shape index (κ1) is 18.7. The molecule has 0 heterocycles. The van der Waals surface area contributed by atoms with E-state index in [0.717, 1.165) is 37.0 Å². The number of ketones is 1. The van der Waals surface area contributed by atoms with E-state index < -0.39 is 0 Å². The van der Waals surface area contributed by atoms with Gasteiger partial charge in [0.2, 0.25) is 0 Å². The number of carbonyl (C=O) groups is 1. The topological polar surface area (TPSA) is 20.3 Å². The summed E-state index contributed by atoms with van der Waals surface area (Å²) in [6, 6.07) is 12.7. The third-order valence-corrected chi connectivity index (χ3v) is 4.80. The molecule has 2 aromatic carbocycles. The highest BCUT2D eigenvalue weighted by atomic mass is 16.1. The Labute approximate surface area is 146 Å². The average Bonchev–Trinajstić information content (AvgIpc) is 2.56. The highest BCUT2D eigenvalue weighted by Gasteiger charge is 2.14. The van der Waals surface area contributed by atoms with Crippen molar-refractivity contribution >= 4 is 16.6 Å². The van der Waals surface area contributed by atoms with E-state index in [0.29, 0.717) is 6.42 Å². The third kappa shape index (κ3) is 4.67. The largest absolute Gasteiger partial charge is 0.304 e. The Bertz CT molecular complexity index is 693. The second-order valence-electron chi connectivity index (χ2n) is 7.58. The highest BCUT2D eigenvalue weighted by Crippen LogP contribution is 2.26. The second-order valence-corrected chi connectivity index (χ2v) is 7.58. The summed E-state index contributed by atoms with van der Waals surface area (Å²) >= 11 is 0. The van der Waals surface area contributed by atoms with Gasteiger partial charge in [0.25, 0.3) is 0 Å². The van der Waals surface area contributed by atoms with Gasteiger partial charge >= 0.3 is 0 Å². The van der Waals surface area contributed by atoms with Gasteiger partial charge < -0.3 is 4.90 Å². The second kappa shape index (κ2) is 7.94. The SMILES string of the molecule is CCN(CC)CCCC(=O)c1ccc2cc(C(C)(C)C)ccc2c1. The molecule has 0 aliphatic rings. The van der Waals surface area contributed by atoms with Gasteiger partial charge in [-0.2, -0.15) is 0 Å². The molecule has 0 spiro atoms. The van der Waals surface area contributed by atoms with Crippen LogP contribution in [0.3, 0.4) is 0 Å². The van der Waals surface area contributed by atoms with Crippen molar-refractivity contribution in [2.75, 3.05) is 19.6 Å². The van der Waals surface area contributed by atoms with Gasteiger partial charge in [-0.05, 0) is 53.9 Å². The first-order valence-electron chi connectivity index (χ1n) is 9.15. The van der Waals surface area contributed by atoms with Crippen LogP contribution in [0.1, 0.15) is 63.4 Å². The van der Waals surface area contributed by atoms with Gasteiger partial charge in [-0.1, -0.05) is 65.0 Å². The van der Waals surface area contributed by atoms with E-state index in [9.17, 15) is 4.79 Å². The normalized spacial score (nSPS) is 12.1. The fraction of sp³-hybridized carbons (Fsp3) is 0.500. The summed E-state index contributed by atoms with van der Waals surface area (Å²) in [6.45, 7) is 14.1. The molecule has 2 aromatic rings. The summed E-state index contributed by atoms with van der Waals surface area (Å²) in [6.07, 6.45) is 1.56. The maximum atomic E-state index is 12.5. The van der Waals surface area contributed by atoms with Crippen LogP contribution in [-0.4, -0.2) is 30.3 Å². The minimum Gasteiger partial charge on any atom is -0.304 e. The van der Waals surface area contributed by atoms with Gasteiger partial charge in [0.05, 0.1) is 0 Å². The first-order valence-corrected chi connectivity index (χ1v) is 9.15. The molecule has 0 saturated carbocycles. The van der Waals surface area contributed by atoms with Crippen molar-refractivity contribution in [3.05, 3.63) is 47.5 Å². The number of fused-ring (bicyclic) bond motifs is 1. The number of rotatable bonds is 7. The lowest BCUT2D eigenvalue weighted by atomic mass is 9.85. The maximum Gasteiger partial charge on any atom is 0.162 e. The lowest BCUT2D eigenvalue weighted by Gasteiger charge is -2.19. The van der Waals surface area contributed by atoms with Gasteiger partial charge in [0.1, 0.15) is 0 Å². The summed E-state index contributed by atoms with van der Waals surface area (Å²) in [4.78, 5) is 14.8. The van der Waals surface area contributed by atoms with Gasteiger partial charge in [-0.15, -0.1) is 0 Å². The van der Waals surface area contributed by atoms with Crippen LogP contribution in [0.2, 0.25) is 0 Å². The quantitative estimate of drug-likeness (QED) is 0.632. The van der Waals surface area contributed by atoms with Crippen LogP contribution >= 0.6 is 0 Å². The summed E-state index contributed by atoms with van der Waals surface area (Å²) in [7, 11) is 0. The minimum absolute atomic E-state index is 0.146. The van der Waals surface area contributed by atoms with Crippen LogP contribution in [0, 0.1) is 0 Å². The Morgan fingerprint density at radius 2 is 1.58 bits per heavy atom. The molecular weight excluding hydrogens is 294 g/mol. The molecule has 0 N–H and O–H groups in total. The Morgan fingerprint density at radius 3 is 2.21 bits per heavy atom. The molecule has 130 valence electrons. The zero-order chi connectivity index (χ0) is 17.7. The fourth-order valence-corrected chi connectivity index (χ4v) is 3.03. The van der Waals surface area contributed by atoms with Crippen molar-refractivity contribution in [3.8, 4) is 0 Å². The molecule has 0 radical (unpaired) electrons. The molecule has 0 bridgehead atoms. The lowest BCUT2D eigenvalue weighted by Crippen LogP contribution is -2.24. The molecule has 2 nitrogen and oxygen atoms in total. The van der Waals surface area contributed by atoms with Crippen molar-refractivity contribution in [3.63, 3.8) is 0 Å². The van der Waals surface area contributed by atoms with E-state index in [2.05, 4.69) is 63.8 Å². The maximum absolute atomic E-state index is 12.5. The fourth-order valence-electron chi connectivity index (χ4n) is 3.03. The Kier molecular flexibility index (Phi) is 6.17. The highest BCUT2D eigenvalue weighted by molar-refractivity contribution is 6.00. The Balaban J connectivity index is 2.09. The molecule has 24 heavy (non-hydrogen) atoms. The summed E-state index contributed by atoms with van der Waals surface area (Å²) < 4.78 is 0. The summed E-state index contributed by atoms with van der Waals surface area (Å²) in [5.41, 5.74) is 2.31. The number of carbonyl (C=O) groups excluding carboxylic acids is 1. The van der Waals surface area contributed by atoms with Crippen molar-refractivity contribution in [2.45, 2.75) is 52.9 Å². The zero-order valence-corrected chi connectivity index (χ0v) is 15.9. The molecule has 0 unspecified atom stereocenters. The van der Waals surface area contributed by atoms with Crippen LogP contribution in [0.15, 0.2) is 36.4 Å². The number of hydrogen-bond donors (Lipinski definition) is 0.